The van der Waals surface area contributed by atoms with E-state index in [4.69, 9.17) is 4.74 Å². The van der Waals surface area contributed by atoms with Crippen molar-refractivity contribution in [2.45, 2.75) is 32.4 Å². The van der Waals surface area contributed by atoms with Crippen LogP contribution in [0.1, 0.15) is 35.7 Å². The summed E-state index contributed by atoms with van der Waals surface area (Å²) in [5, 5.41) is 0. The highest BCUT2D eigenvalue weighted by atomic mass is 16.6. The standard InChI is InChI=1S/C23H26N2O4/c1-18(26)12-13-21-16-24(22(27)20-10-6-3-7-11-20)14-15-25(21)23(28)29-17-19-8-4-2-5-9-19/h2-11,21H,12-17H2,1H3. The minimum absolute atomic E-state index is 0.0595. The van der Waals surface area contributed by atoms with Gasteiger partial charge in [0.25, 0.3) is 5.91 Å². The fourth-order valence-electron chi connectivity index (χ4n) is 3.46. The molecule has 1 aliphatic rings. The van der Waals surface area contributed by atoms with E-state index in [0.717, 1.165) is 5.56 Å². The van der Waals surface area contributed by atoms with Gasteiger partial charge >= 0.3 is 6.09 Å². The summed E-state index contributed by atoms with van der Waals surface area (Å²) in [5.74, 6) is 0.00448. The lowest BCUT2D eigenvalue weighted by Crippen LogP contribution is -2.56. The number of carbonyl (C=O) groups is 3. The molecule has 0 spiro atoms. The molecular formula is C23H26N2O4. The van der Waals surface area contributed by atoms with Crippen molar-refractivity contribution >= 4 is 17.8 Å². The maximum atomic E-state index is 12.8. The van der Waals surface area contributed by atoms with Gasteiger partial charge in [-0.15, -0.1) is 0 Å². The predicted octanol–water partition coefficient (Wildman–Crippen LogP) is 3.52. The Kier molecular flexibility index (Phi) is 7.00. The highest BCUT2D eigenvalue weighted by molar-refractivity contribution is 5.94. The van der Waals surface area contributed by atoms with Gasteiger partial charge in [0.15, 0.2) is 0 Å². The van der Waals surface area contributed by atoms with Gasteiger partial charge in [0.05, 0.1) is 6.04 Å². The number of rotatable bonds is 6. The van der Waals surface area contributed by atoms with Gasteiger partial charge in [0.2, 0.25) is 0 Å². The summed E-state index contributed by atoms with van der Waals surface area (Å²) < 4.78 is 5.48. The summed E-state index contributed by atoms with van der Waals surface area (Å²) in [6.07, 6.45) is 0.462. The Bertz CT molecular complexity index is 838. The van der Waals surface area contributed by atoms with E-state index in [2.05, 4.69) is 0 Å². The van der Waals surface area contributed by atoms with E-state index >= 15 is 0 Å². The fraction of sp³-hybridized carbons (Fsp3) is 0.348. The van der Waals surface area contributed by atoms with E-state index in [9.17, 15) is 14.4 Å². The monoisotopic (exact) mass is 394 g/mol. The van der Waals surface area contributed by atoms with Crippen LogP contribution in [0, 0.1) is 0 Å². The molecule has 1 atom stereocenters. The summed E-state index contributed by atoms with van der Waals surface area (Å²) in [5.41, 5.74) is 1.54. The molecule has 29 heavy (non-hydrogen) atoms. The van der Waals surface area contributed by atoms with Crippen molar-refractivity contribution in [2.24, 2.45) is 0 Å². The number of nitrogens with zero attached hydrogens (tertiary/aromatic N) is 2. The number of hydrogen-bond donors (Lipinski definition) is 0. The van der Waals surface area contributed by atoms with Gasteiger partial charge in [-0.25, -0.2) is 4.79 Å². The third-order valence-corrected chi connectivity index (χ3v) is 5.06. The number of Topliss-reactive ketones (excluding diaryl/α,β-unsaturated/α-hetero) is 1. The molecule has 2 aromatic rings. The molecule has 0 N–H and O–H groups in total. The largest absolute Gasteiger partial charge is 0.445 e. The second kappa shape index (κ2) is 9.87. The lowest BCUT2D eigenvalue weighted by atomic mass is 10.0. The number of piperazine rings is 1. The zero-order valence-electron chi connectivity index (χ0n) is 16.6. The first-order valence-corrected chi connectivity index (χ1v) is 9.85. The molecule has 0 saturated carbocycles. The summed E-state index contributed by atoms with van der Waals surface area (Å²) in [7, 11) is 0. The Labute approximate surface area is 171 Å². The third kappa shape index (κ3) is 5.67. The van der Waals surface area contributed by atoms with Gasteiger partial charge in [-0.05, 0) is 31.0 Å². The van der Waals surface area contributed by atoms with Crippen molar-refractivity contribution in [1.82, 2.24) is 9.80 Å². The number of carbonyl (C=O) groups excluding carboxylic acids is 3. The highest BCUT2D eigenvalue weighted by Gasteiger charge is 2.33. The van der Waals surface area contributed by atoms with Gasteiger partial charge in [-0.3, -0.25) is 4.79 Å². The second-order valence-corrected chi connectivity index (χ2v) is 7.25. The van der Waals surface area contributed by atoms with Crippen LogP contribution in [-0.4, -0.2) is 53.3 Å². The minimum atomic E-state index is -0.408. The molecule has 6 nitrogen and oxygen atoms in total. The number of ether oxygens (including phenoxy) is 1. The zero-order valence-corrected chi connectivity index (χ0v) is 16.6. The SMILES string of the molecule is CC(=O)CCC1CN(C(=O)c2ccccc2)CCN1C(=O)OCc1ccccc1. The molecule has 0 aromatic heterocycles. The number of amides is 2. The quantitative estimate of drug-likeness (QED) is 0.752. The molecule has 2 amide bonds. The Balaban J connectivity index is 1.65. The van der Waals surface area contributed by atoms with E-state index in [1.165, 1.54) is 6.92 Å². The van der Waals surface area contributed by atoms with Crippen molar-refractivity contribution in [2.75, 3.05) is 19.6 Å². The highest BCUT2D eigenvalue weighted by Crippen LogP contribution is 2.19. The van der Waals surface area contributed by atoms with E-state index in [0.29, 0.717) is 38.0 Å². The van der Waals surface area contributed by atoms with Crippen LogP contribution in [-0.2, 0) is 16.1 Å². The van der Waals surface area contributed by atoms with E-state index in [1.54, 1.807) is 21.9 Å². The number of benzene rings is 2. The van der Waals surface area contributed by atoms with Crippen LogP contribution in [0.25, 0.3) is 0 Å². The lowest BCUT2D eigenvalue weighted by molar-refractivity contribution is -0.117. The second-order valence-electron chi connectivity index (χ2n) is 7.25. The summed E-state index contributed by atoms with van der Waals surface area (Å²) >= 11 is 0. The summed E-state index contributed by atoms with van der Waals surface area (Å²) in [6.45, 7) is 2.94. The first kappa shape index (κ1) is 20.6. The fourth-order valence-corrected chi connectivity index (χ4v) is 3.46. The Morgan fingerprint density at radius 2 is 1.62 bits per heavy atom. The molecule has 1 fully saturated rings. The van der Waals surface area contributed by atoms with Gasteiger partial charge < -0.3 is 19.3 Å². The van der Waals surface area contributed by atoms with E-state index < -0.39 is 6.09 Å². The van der Waals surface area contributed by atoms with Crippen molar-refractivity contribution in [3.8, 4) is 0 Å². The number of ketones is 1. The van der Waals surface area contributed by atoms with Crippen molar-refractivity contribution in [1.29, 1.82) is 0 Å². The Morgan fingerprint density at radius 1 is 0.966 bits per heavy atom. The summed E-state index contributed by atoms with van der Waals surface area (Å²) in [4.78, 5) is 40.4. The molecule has 1 unspecified atom stereocenters. The lowest BCUT2D eigenvalue weighted by Gasteiger charge is -2.40. The maximum Gasteiger partial charge on any atom is 0.410 e. The van der Waals surface area contributed by atoms with Gasteiger partial charge in [0.1, 0.15) is 12.4 Å². The van der Waals surface area contributed by atoms with Crippen LogP contribution in [0.2, 0.25) is 0 Å². The normalized spacial score (nSPS) is 16.4. The molecule has 1 aliphatic heterocycles. The molecule has 0 radical (unpaired) electrons. The molecule has 1 saturated heterocycles. The topological polar surface area (TPSA) is 66.9 Å². The van der Waals surface area contributed by atoms with E-state index in [-0.39, 0.29) is 24.3 Å². The molecule has 152 valence electrons. The molecule has 0 bridgehead atoms. The first-order chi connectivity index (χ1) is 14.0. The molecular weight excluding hydrogens is 368 g/mol. The van der Waals surface area contributed by atoms with E-state index in [1.807, 2.05) is 48.5 Å². The first-order valence-electron chi connectivity index (χ1n) is 9.85. The molecule has 1 heterocycles. The third-order valence-electron chi connectivity index (χ3n) is 5.06. The zero-order chi connectivity index (χ0) is 20.6. The predicted molar refractivity (Wildman–Crippen MR) is 109 cm³/mol. The minimum Gasteiger partial charge on any atom is -0.445 e. The average molecular weight is 394 g/mol. The van der Waals surface area contributed by atoms with Crippen molar-refractivity contribution < 1.29 is 19.1 Å². The average Bonchev–Trinajstić information content (AvgIpc) is 2.76. The molecule has 3 rings (SSSR count). The number of hydrogen-bond acceptors (Lipinski definition) is 4. The molecule has 6 heteroatoms. The smallest absolute Gasteiger partial charge is 0.410 e. The van der Waals surface area contributed by atoms with Crippen LogP contribution in [0.3, 0.4) is 0 Å². The molecule has 2 aromatic carbocycles. The van der Waals surface area contributed by atoms with Gasteiger partial charge in [0, 0.05) is 31.6 Å². The van der Waals surface area contributed by atoms with Crippen molar-refractivity contribution in [3.05, 3.63) is 71.8 Å². The van der Waals surface area contributed by atoms with Crippen LogP contribution < -0.4 is 0 Å². The van der Waals surface area contributed by atoms with Crippen LogP contribution in [0.15, 0.2) is 60.7 Å². The van der Waals surface area contributed by atoms with Gasteiger partial charge in [-0.2, -0.15) is 0 Å². The molecule has 0 aliphatic carbocycles. The van der Waals surface area contributed by atoms with Crippen molar-refractivity contribution in [3.63, 3.8) is 0 Å². The van der Waals surface area contributed by atoms with Gasteiger partial charge in [-0.1, -0.05) is 48.5 Å². The summed E-state index contributed by atoms with van der Waals surface area (Å²) in [6, 6.07) is 18.4. The maximum absolute atomic E-state index is 12.8. The van der Waals surface area contributed by atoms with Crippen LogP contribution >= 0.6 is 0 Å². The van der Waals surface area contributed by atoms with Crippen LogP contribution in [0.5, 0.6) is 0 Å². The Hall–Kier alpha value is -3.15. The Morgan fingerprint density at radius 3 is 2.28 bits per heavy atom. The van der Waals surface area contributed by atoms with Crippen LogP contribution in [0.4, 0.5) is 4.79 Å².